The number of methoxy groups -OCH3 is 1. The number of benzene rings is 1. The minimum Gasteiger partial charge on any atom is -0.496 e. The molecule has 0 aliphatic heterocycles. The van der Waals surface area contributed by atoms with Crippen molar-refractivity contribution in [2.75, 3.05) is 7.11 Å². The van der Waals surface area contributed by atoms with Crippen LogP contribution >= 0.6 is 15.9 Å². The molecule has 0 saturated carbocycles. The van der Waals surface area contributed by atoms with Gasteiger partial charge in [-0.2, -0.15) is 0 Å². The van der Waals surface area contributed by atoms with E-state index in [1.54, 1.807) is 14.0 Å². The summed E-state index contributed by atoms with van der Waals surface area (Å²) in [6, 6.07) is 3.99. The maximum Gasteiger partial charge on any atom is 0.134 e. The zero-order chi connectivity index (χ0) is 12.3. The molecule has 88 valence electrons. The van der Waals surface area contributed by atoms with Crippen molar-refractivity contribution in [3.8, 4) is 5.75 Å². The van der Waals surface area contributed by atoms with Crippen LogP contribution in [0.3, 0.4) is 0 Å². The Balaban J connectivity index is 3.20. The first-order chi connectivity index (χ1) is 7.45. The largest absolute Gasteiger partial charge is 0.496 e. The van der Waals surface area contributed by atoms with E-state index in [4.69, 9.17) is 4.74 Å². The van der Waals surface area contributed by atoms with Crippen molar-refractivity contribution >= 4 is 21.7 Å². The van der Waals surface area contributed by atoms with E-state index in [-0.39, 0.29) is 5.78 Å². The van der Waals surface area contributed by atoms with Gasteiger partial charge in [-0.05, 0) is 30.5 Å². The lowest BCUT2D eigenvalue weighted by Gasteiger charge is -2.14. The Morgan fingerprint density at radius 1 is 1.44 bits per heavy atom. The average molecular weight is 285 g/mol. The maximum absolute atomic E-state index is 11.1. The third-order valence-corrected chi connectivity index (χ3v) is 3.15. The van der Waals surface area contributed by atoms with Crippen LogP contribution in [0.25, 0.3) is 0 Å². The van der Waals surface area contributed by atoms with Gasteiger partial charge in [0.2, 0.25) is 0 Å². The van der Waals surface area contributed by atoms with Crippen LogP contribution in [0, 0.1) is 0 Å². The second-order valence-corrected chi connectivity index (χ2v) is 5.07. The minimum absolute atomic E-state index is 0.141. The van der Waals surface area contributed by atoms with Gasteiger partial charge < -0.3 is 4.74 Å². The van der Waals surface area contributed by atoms with Gasteiger partial charge >= 0.3 is 0 Å². The zero-order valence-corrected chi connectivity index (χ0v) is 11.7. The van der Waals surface area contributed by atoms with Gasteiger partial charge in [0.15, 0.2) is 0 Å². The first-order valence-corrected chi connectivity index (χ1v) is 6.10. The van der Waals surface area contributed by atoms with Crippen molar-refractivity contribution < 1.29 is 9.53 Å². The van der Waals surface area contributed by atoms with Crippen molar-refractivity contribution in [2.24, 2.45) is 0 Å². The van der Waals surface area contributed by atoms with Gasteiger partial charge in [-0.1, -0.05) is 29.8 Å². The molecule has 0 bridgehead atoms. The molecule has 2 nitrogen and oxygen atoms in total. The van der Waals surface area contributed by atoms with Crippen molar-refractivity contribution in [1.29, 1.82) is 0 Å². The van der Waals surface area contributed by atoms with Gasteiger partial charge in [0.05, 0.1) is 7.11 Å². The second-order valence-electron chi connectivity index (χ2n) is 4.22. The lowest BCUT2D eigenvalue weighted by atomic mass is 9.99. The summed E-state index contributed by atoms with van der Waals surface area (Å²) in [5, 5.41) is 0. The van der Waals surface area contributed by atoms with Gasteiger partial charge in [0.1, 0.15) is 11.5 Å². The topological polar surface area (TPSA) is 26.3 Å². The predicted molar refractivity (Wildman–Crippen MR) is 69.2 cm³/mol. The summed E-state index contributed by atoms with van der Waals surface area (Å²) in [5.41, 5.74) is 2.13. The van der Waals surface area contributed by atoms with Crippen LogP contribution in [0.4, 0.5) is 0 Å². The highest BCUT2D eigenvalue weighted by Crippen LogP contribution is 2.32. The summed E-state index contributed by atoms with van der Waals surface area (Å²) in [4.78, 5) is 11.1. The number of rotatable bonds is 4. The Bertz CT molecular complexity index is 397. The highest BCUT2D eigenvalue weighted by Gasteiger charge is 2.12. The Hall–Kier alpha value is -0.830. The highest BCUT2D eigenvalue weighted by atomic mass is 79.9. The van der Waals surface area contributed by atoms with Crippen molar-refractivity contribution in [2.45, 2.75) is 33.1 Å². The van der Waals surface area contributed by atoms with E-state index >= 15 is 0 Å². The first kappa shape index (κ1) is 13.2. The molecule has 0 atom stereocenters. The number of ether oxygens (including phenoxy) is 1. The number of ketones is 1. The van der Waals surface area contributed by atoms with Crippen molar-refractivity contribution in [3.63, 3.8) is 0 Å². The molecular weight excluding hydrogens is 268 g/mol. The van der Waals surface area contributed by atoms with E-state index in [1.165, 1.54) is 5.56 Å². The quantitative estimate of drug-likeness (QED) is 0.843. The fourth-order valence-corrected chi connectivity index (χ4v) is 2.50. The molecule has 0 unspecified atom stereocenters. The van der Waals surface area contributed by atoms with Gasteiger partial charge in [-0.15, -0.1) is 0 Å². The Morgan fingerprint density at radius 2 is 2.06 bits per heavy atom. The number of halogens is 1. The summed E-state index contributed by atoms with van der Waals surface area (Å²) in [7, 11) is 1.64. The van der Waals surface area contributed by atoms with Crippen LogP contribution in [0.5, 0.6) is 5.75 Å². The van der Waals surface area contributed by atoms with E-state index in [0.717, 1.165) is 15.8 Å². The van der Waals surface area contributed by atoms with Crippen molar-refractivity contribution in [3.05, 3.63) is 27.7 Å². The van der Waals surface area contributed by atoms with Crippen LogP contribution in [0.2, 0.25) is 0 Å². The first-order valence-electron chi connectivity index (χ1n) is 5.31. The third-order valence-electron chi connectivity index (χ3n) is 2.46. The second kappa shape index (κ2) is 5.48. The molecular formula is C13H17BrO2. The van der Waals surface area contributed by atoms with Gasteiger partial charge in [0, 0.05) is 16.5 Å². The molecule has 0 aliphatic rings. The Kier molecular flexibility index (Phi) is 4.54. The molecule has 0 fully saturated rings. The molecule has 0 aromatic heterocycles. The molecule has 0 N–H and O–H groups in total. The summed E-state index contributed by atoms with van der Waals surface area (Å²) < 4.78 is 6.36. The molecule has 1 aromatic rings. The van der Waals surface area contributed by atoms with Gasteiger partial charge in [-0.3, -0.25) is 4.79 Å². The molecule has 16 heavy (non-hydrogen) atoms. The van der Waals surface area contributed by atoms with Crippen LogP contribution in [0.15, 0.2) is 16.6 Å². The van der Waals surface area contributed by atoms with E-state index in [9.17, 15) is 4.79 Å². The fraction of sp³-hybridized carbons (Fsp3) is 0.462. The van der Waals surface area contributed by atoms with Gasteiger partial charge in [0.25, 0.3) is 0 Å². The molecule has 0 aliphatic carbocycles. The molecule has 1 rings (SSSR count). The summed E-state index contributed by atoms with van der Waals surface area (Å²) in [5.74, 6) is 1.36. The van der Waals surface area contributed by atoms with E-state index in [2.05, 4.69) is 29.8 Å². The van der Waals surface area contributed by atoms with Crippen molar-refractivity contribution in [1.82, 2.24) is 0 Å². The van der Waals surface area contributed by atoms with Crippen LogP contribution in [-0.2, 0) is 11.2 Å². The predicted octanol–water partition coefficient (Wildman–Crippen LogP) is 3.71. The smallest absolute Gasteiger partial charge is 0.134 e. The molecule has 0 spiro atoms. The van der Waals surface area contributed by atoms with E-state index < -0.39 is 0 Å². The third kappa shape index (κ3) is 3.08. The zero-order valence-electron chi connectivity index (χ0n) is 10.1. The molecule has 0 amide bonds. The summed E-state index contributed by atoms with van der Waals surface area (Å²) >= 11 is 3.53. The number of carbonyl (C=O) groups excluding carboxylic acids is 1. The maximum atomic E-state index is 11.1. The molecule has 1 aromatic carbocycles. The van der Waals surface area contributed by atoms with Crippen LogP contribution in [-0.4, -0.2) is 12.9 Å². The number of hydrogen-bond donors (Lipinski definition) is 0. The summed E-state index contributed by atoms with van der Waals surface area (Å²) in [6.45, 7) is 5.85. The summed E-state index contributed by atoms with van der Waals surface area (Å²) in [6.07, 6.45) is 0.417. The lowest BCUT2D eigenvalue weighted by Crippen LogP contribution is -2.01. The van der Waals surface area contributed by atoms with E-state index in [0.29, 0.717) is 12.3 Å². The minimum atomic E-state index is 0.141. The van der Waals surface area contributed by atoms with Crippen LogP contribution < -0.4 is 4.74 Å². The lowest BCUT2D eigenvalue weighted by molar-refractivity contribution is -0.116. The molecule has 0 heterocycles. The SMILES string of the molecule is COc1cc(C(C)C)c(Br)cc1CC(C)=O. The Morgan fingerprint density at radius 3 is 2.50 bits per heavy atom. The Labute approximate surface area is 105 Å². The number of carbonyl (C=O) groups is 1. The standard InChI is InChI=1S/C13H17BrO2/c1-8(2)11-7-13(16-4)10(5-9(3)15)6-12(11)14/h6-8H,5H2,1-4H3. The normalized spacial score (nSPS) is 10.6. The van der Waals surface area contributed by atoms with Gasteiger partial charge in [-0.25, -0.2) is 0 Å². The number of Topliss-reactive ketones (excluding diaryl/α,β-unsaturated/α-hetero) is 1. The molecule has 0 radical (unpaired) electrons. The average Bonchev–Trinajstić information content (AvgIpc) is 2.16. The van der Waals surface area contributed by atoms with Crippen LogP contribution in [0.1, 0.15) is 37.8 Å². The fourth-order valence-electron chi connectivity index (χ4n) is 1.65. The highest BCUT2D eigenvalue weighted by molar-refractivity contribution is 9.10. The number of hydrogen-bond acceptors (Lipinski definition) is 2. The van der Waals surface area contributed by atoms with E-state index in [1.807, 2.05) is 12.1 Å². The molecule has 0 saturated heterocycles. The molecule has 3 heteroatoms. The monoisotopic (exact) mass is 284 g/mol.